The number of ether oxygens (including phenoxy) is 1. The lowest BCUT2D eigenvalue weighted by molar-refractivity contribution is 0.0601. The maximum Gasteiger partial charge on any atom is 0.337 e. The highest BCUT2D eigenvalue weighted by Gasteiger charge is 2.17. The van der Waals surface area contributed by atoms with Crippen LogP contribution in [0.15, 0.2) is 29.6 Å². The Labute approximate surface area is 134 Å². The Morgan fingerprint density at radius 3 is 2.50 bits per heavy atom. The van der Waals surface area contributed by atoms with Gasteiger partial charge in [-0.25, -0.2) is 9.78 Å². The number of carbonyl (C=O) groups is 1. The van der Waals surface area contributed by atoms with Gasteiger partial charge >= 0.3 is 5.97 Å². The highest BCUT2D eigenvalue weighted by Crippen LogP contribution is 2.28. The molecule has 3 rings (SSSR count). The van der Waals surface area contributed by atoms with Crippen molar-refractivity contribution in [1.29, 1.82) is 0 Å². The van der Waals surface area contributed by atoms with Crippen LogP contribution in [0.4, 0.5) is 5.13 Å². The lowest BCUT2D eigenvalue weighted by atomic mass is 10.1. The number of hydrogen-bond donors (Lipinski definition) is 0. The summed E-state index contributed by atoms with van der Waals surface area (Å²) in [5, 5.41) is 3.14. The van der Waals surface area contributed by atoms with Crippen LogP contribution >= 0.6 is 11.3 Å². The van der Waals surface area contributed by atoms with Crippen molar-refractivity contribution in [3.8, 4) is 11.3 Å². The smallest absolute Gasteiger partial charge is 0.337 e. The Morgan fingerprint density at radius 1 is 1.18 bits per heavy atom. The zero-order valence-electron chi connectivity index (χ0n) is 12.8. The Morgan fingerprint density at radius 2 is 1.86 bits per heavy atom. The second-order valence-corrected chi connectivity index (χ2v) is 6.21. The van der Waals surface area contributed by atoms with Crippen LogP contribution in [0.2, 0.25) is 0 Å². The van der Waals surface area contributed by atoms with Gasteiger partial charge in [0.2, 0.25) is 0 Å². The minimum Gasteiger partial charge on any atom is -0.465 e. The van der Waals surface area contributed by atoms with Crippen molar-refractivity contribution in [3.63, 3.8) is 0 Å². The van der Waals surface area contributed by atoms with Gasteiger partial charge in [-0.3, -0.25) is 0 Å². The average Bonchev–Trinajstić information content (AvgIpc) is 3.05. The fourth-order valence-corrected chi connectivity index (χ4v) is 3.32. The fourth-order valence-electron chi connectivity index (χ4n) is 2.43. The summed E-state index contributed by atoms with van der Waals surface area (Å²) in [6, 6.07) is 7.37. The van der Waals surface area contributed by atoms with Crippen LogP contribution in [0.5, 0.6) is 0 Å². The molecule has 0 amide bonds. The van der Waals surface area contributed by atoms with E-state index < -0.39 is 0 Å². The molecule has 6 heteroatoms. The topological polar surface area (TPSA) is 45.7 Å². The molecule has 0 unspecified atom stereocenters. The Kier molecular flexibility index (Phi) is 4.40. The van der Waals surface area contributed by atoms with Gasteiger partial charge in [-0.15, -0.1) is 11.3 Å². The third-order valence-electron chi connectivity index (χ3n) is 3.87. The molecule has 0 aliphatic carbocycles. The van der Waals surface area contributed by atoms with Gasteiger partial charge in [0.15, 0.2) is 5.13 Å². The molecule has 1 aromatic heterocycles. The van der Waals surface area contributed by atoms with E-state index in [1.165, 1.54) is 7.11 Å². The Balaban J connectivity index is 1.74. The predicted molar refractivity (Wildman–Crippen MR) is 88.6 cm³/mol. The van der Waals surface area contributed by atoms with Gasteiger partial charge in [-0.05, 0) is 19.2 Å². The molecule has 0 bridgehead atoms. The lowest BCUT2D eigenvalue weighted by Crippen LogP contribution is -2.44. The molecule has 1 saturated heterocycles. The maximum atomic E-state index is 11.5. The monoisotopic (exact) mass is 317 g/mol. The van der Waals surface area contributed by atoms with Gasteiger partial charge in [-0.2, -0.15) is 0 Å². The first-order valence-electron chi connectivity index (χ1n) is 7.25. The van der Waals surface area contributed by atoms with Gasteiger partial charge in [0, 0.05) is 37.1 Å². The lowest BCUT2D eigenvalue weighted by Gasteiger charge is -2.32. The third-order valence-corrected chi connectivity index (χ3v) is 4.77. The largest absolute Gasteiger partial charge is 0.465 e. The molecule has 22 heavy (non-hydrogen) atoms. The van der Waals surface area contributed by atoms with Crippen LogP contribution in [0.1, 0.15) is 10.4 Å². The average molecular weight is 317 g/mol. The maximum absolute atomic E-state index is 11.5. The Hall–Kier alpha value is -1.92. The molecular formula is C16H19N3O2S. The molecular weight excluding hydrogens is 298 g/mol. The summed E-state index contributed by atoms with van der Waals surface area (Å²) in [6.07, 6.45) is 0. The number of carbonyl (C=O) groups excluding carboxylic acids is 1. The zero-order chi connectivity index (χ0) is 15.5. The van der Waals surface area contributed by atoms with Gasteiger partial charge in [0.1, 0.15) is 0 Å². The molecule has 0 atom stereocenters. The standard InChI is InChI=1S/C16H19N3O2S/c1-18-7-9-19(10-8-18)16-17-14(11-22-16)12-3-5-13(6-4-12)15(20)21-2/h3-6,11H,7-10H2,1-2H3. The molecule has 0 saturated carbocycles. The number of thiazole rings is 1. The van der Waals surface area contributed by atoms with E-state index in [1.54, 1.807) is 23.5 Å². The summed E-state index contributed by atoms with van der Waals surface area (Å²) in [5.41, 5.74) is 2.53. The summed E-state index contributed by atoms with van der Waals surface area (Å²) >= 11 is 1.67. The quantitative estimate of drug-likeness (QED) is 0.813. The van der Waals surface area contributed by atoms with Crippen molar-refractivity contribution < 1.29 is 9.53 Å². The Bertz CT molecular complexity index is 646. The highest BCUT2D eigenvalue weighted by atomic mass is 32.1. The van der Waals surface area contributed by atoms with E-state index in [-0.39, 0.29) is 5.97 Å². The van der Waals surface area contributed by atoms with E-state index in [0.717, 1.165) is 42.6 Å². The van der Waals surface area contributed by atoms with Crippen molar-refractivity contribution in [2.24, 2.45) is 0 Å². The van der Waals surface area contributed by atoms with Gasteiger partial charge in [0.05, 0.1) is 18.4 Å². The molecule has 0 N–H and O–H groups in total. The summed E-state index contributed by atoms with van der Waals surface area (Å²) in [7, 11) is 3.53. The number of benzene rings is 1. The first kappa shape index (κ1) is 15.0. The molecule has 2 heterocycles. The second-order valence-electron chi connectivity index (χ2n) is 5.37. The van der Waals surface area contributed by atoms with Crippen LogP contribution in [-0.2, 0) is 4.74 Å². The van der Waals surface area contributed by atoms with Crippen LogP contribution in [-0.4, -0.2) is 56.2 Å². The molecule has 0 radical (unpaired) electrons. The van der Waals surface area contributed by atoms with Crippen LogP contribution in [0.3, 0.4) is 0 Å². The van der Waals surface area contributed by atoms with E-state index in [4.69, 9.17) is 9.72 Å². The molecule has 1 aliphatic rings. The van der Waals surface area contributed by atoms with Crippen LogP contribution in [0.25, 0.3) is 11.3 Å². The number of nitrogens with zero attached hydrogens (tertiary/aromatic N) is 3. The molecule has 1 aromatic carbocycles. The molecule has 5 nitrogen and oxygen atoms in total. The van der Waals surface area contributed by atoms with Gasteiger partial charge in [0.25, 0.3) is 0 Å². The number of piperazine rings is 1. The van der Waals surface area contributed by atoms with Crippen molar-refractivity contribution >= 4 is 22.4 Å². The van der Waals surface area contributed by atoms with Crippen molar-refractivity contribution in [2.45, 2.75) is 0 Å². The number of hydrogen-bond acceptors (Lipinski definition) is 6. The first-order chi connectivity index (χ1) is 10.7. The minimum atomic E-state index is -0.317. The van der Waals surface area contributed by atoms with E-state index in [9.17, 15) is 4.79 Å². The van der Waals surface area contributed by atoms with E-state index in [1.807, 2.05) is 12.1 Å². The highest BCUT2D eigenvalue weighted by molar-refractivity contribution is 7.14. The summed E-state index contributed by atoms with van der Waals surface area (Å²) < 4.78 is 4.71. The number of rotatable bonds is 3. The first-order valence-corrected chi connectivity index (χ1v) is 8.13. The SMILES string of the molecule is COC(=O)c1ccc(-c2csc(N3CCN(C)CC3)n2)cc1. The number of methoxy groups -OCH3 is 1. The molecule has 1 aliphatic heterocycles. The summed E-state index contributed by atoms with van der Waals surface area (Å²) in [5.74, 6) is -0.317. The molecule has 0 spiro atoms. The molecule has 1 fully saturated rings. The normalized spacial score (nSPS) is 15.8. The second kappa shape index (κ2) is 6.46. The summed E-state index contributed by atoms with van der Waals surface area (Å²) in [6.45, 7) is 4.18. The van der Waals surface area contributed by atoms with Crippen molar-refractivity contribution in [2.75, 3.05) is 45.2 Å². The van der Waals surface area contributed by atoms with Gasteiger partial charge < -0.3 is 14.5 Å². The van der Waals surface area contributed by atoms with Gasteiger partial charge in [-0.1, -0.05) is 12.1 Å². The number of anilines is 1. The number of esters is 1. The van der Waals surface area contributed by atoms with Crippen LogP contribution < -0.4 is 4.90 Å². The van der Waals surface area contributed by atoms with Crippen molar-refractivity contribution in [3.05, 3.63) is 35.2 Å². The number of likely N-dealkylation sites (N-methyl/N-ethyl adjacent to an activating group) is 1. The third kappa shape index (κ3) is 3.13. The zero-order valence-corrected chi connectivity index (χ0v) is 13.6. The molecule has 116 valence electrons. The van der Waals surface area contributed by atoms with E-state index in [2.05, 4.69) is 22.2 Å². The van der Waals surface area contributed by atoms with E-state index >= 15 is 0 Å². The molecule has 2 aromatic rings. The predicted octanol–water partition coefficient (Wildman–Crippen LogP) is 2.35. The van der Waals surface area contributed by atoms with Crippen LogP contribution in [0, 0.1) is 0 Å². The fraction of sp³-hybridized carbons (Fsp3) is 0.375. The minimum absolute atomic E-state index is 0.317. The van der Waals surface area contributed by atoms with E-state index in [0.29, 0.717) is 5.56 Å². The van der Waals surface area contributed by atoms with Crippen molar-refractivity contribution in [1.82, 2.24) is 9.88 Å². The summed E-state index contributed by atoms with van der Waals surface area (Å²) in [4.78, 5) is 20.8. The number of aromatic nitrogens is 1.